The van der Waals surface area contributed by atoms with Crippen LogP contribution in [0.4, 0.5) is 0 Å². The fourth-order valence-electron chi connectivity index (χ4n) is 2.66. The van der Waals surface area contributed by atoms with Crippen molar-refractivity contribution in [2.45, 2.75) is 20.0 Å². The lowest BCUT2D eigenvalue weighted by molar-refractivity contribution is -0.0295. The van der Waals surface area contributed by atoms with Gasteiger partial charge in [-0.3, -0.25) is 9.69 Å². The van der Waals surface area contributed by atoms with Crippen LogP contribution >= 0.6 is 0 Å². The van der Waals surface area contributed by atoms with Crippen LogP contribution in [0, 0.1) is 5.92 Å². The van der Waals surface area contributed by atoms with Crippen LogP contribution in [0.2, 0.25) is 0 Å². The number of nitrogens with zero attached hydrogens (tertiary/aromatic N) is 1. The van der Waals surface area contributed by atoms with Gasteiger partial charge in [-0.2, -0.15) is 0 Å². The highest BCUT2D eigenvalue weighted by Crippen LogP contribution is 2.12. The molecule has 1 aromatic carbocycles. The maximum atomic E-state index is 12.2. The van der Waals surface area contributed by atoms with Gasteiger partial charge in [0, 0.05) is 31.7 Å². The van der Waals surface area contributed by atoms with E-state index in [1.165, 1.54) is 0 Å². The van der Waals surface area contributed by atoms with Gasteiger partial charge in [0.15, 0.2) is 0 Å². The van der Waals surface area contributed by atoms with E-state index in [1.807, 2.05) is 12.1 Å². The van der Waals surface area contributed by atoms with Gasteiger partial charge in [0.2, 0.25) is 0 Å². The molecular formula is C17H26N2O3. The lowest BCUT2D eigenvalue weighted by Gasteiger charge is -2.33. The van der Waals surface area contributed by atoms with E-state index in [4.69, 9.17) is 9.47 Å². The second-order valence-corrected chi connectivity index (χ2v) is 6.09. The maximum absolute atomic E-state index is 12.2. The zero-order chi connectivity index (χ0) is 15.9. The van der Waals surface area contributed by atoms with E-state index < -0.39 is 0 Å². The van der Waals surface area contributed by atoms with Crippen molar-refractivity contribution in [1.82, 2.24) is 10.2 Å². The summed E-state index contributed by atoms with van der Waals surface area (Å²) in [6.45, 7) is 8.61. The molecule has 1 saturated heterocycles. The number of amides is 1. The Hall–Kier alpha value is -1.59. The topological polar surface area (TPSA) is 50.8 Å². The second-order valence-electron chi connectivity index (χ2n) is 6.09. The zero-order valence-corrected chi connectivity index (χ0v) is 13.7. The molecule has 1 amide bonds. The van der Waals surface area contributed by atoms with Crippen molar-refractivity contribution < 1.29 is 14.3 Å². The van der Waals surface area contributed by atoms with Crippen molar-refractivity contribution in [3.05, 3.63) is 29.8 Å². The minimum atomic E-state index is -0.0940. The van der Waals surface area contributed by atoms with Gasteiger partial charge in [-0.05, 0) is 24.1 Å². The molecule has 0 radical (unpaired) electrons. The van der Waals surface area contributed by atoms with E-state index in [2.05, 4.69) is 24.1 Å². The monoisotopic (exact) mass is 306 g/mol. The molecule has 1 N–H and O–H groups in total. The Kier molecular flexibility index (Phi) is 6.21. The minimum Gasteiger partial charge on any atom is -0.497 e. The Morgan fingerprint density at radius 2 is 2.32 bits per heavy atom. The third-order valence-corrected chi connectivity index (χ3v) is 3.67. The Morgan fingerprint density at radius 1 is 1.50 bits per heavy atom. The number of rotatable bonds is 6. The lowest BCUT2D eigenvalue weighted by atomic mass is 10.1. The maximum Gasteiger partial charge on any atom is 0.251 e. The number of carbonyl (C=O) groups is 1. The van der Waals surface area contributed by atoms with E-state index in [1.54, 1.807) is 19.2 Å². The zero-order valence-electron chi connectivity index (χ0n) is 13.7. The molecule has 0 saturated carbocycles. The number of morpholine rings is 1. The first kappa shape index (κ1) is 16.8. The minimum absolute atomic E-state index is 0.0575. The van der Waals surface area contributed by atoms with Crippen LogP contribution in [-0.4, -0.2) is 56.8 Å². The van der Waals surface area contributed by atoms with Gasteiger partial charge in [-0.1, -0.05) is 19.9 Å². The second kappa shape index (κ2) is 8.15. The fourth-order valence-corrected chi connectivity index (χ4v) is 2.66. The molecule has 1 aromatic rings. The molecule has 0 spiro atoms. The lowest BCUT2D eigenvalue weighted by Crippen LogP contribution is -2.48. The molecule has 1 heterocycles. The molecule has 2 rings (SSSR count). The van der Waals surface area contributed by atoms with Crippen molar-refractivity contribution in [2.75, 3.05) is 39.9 Å². The van der Waals surface area contributed by atoms with Crippen molar-refractivity contribution in [3.63, 3.8) is 0 Å². The smallest absolute Gasteiger partial charge is 0.251 e. The average Bonchev–Trinajstić information content (AvgIpc) is 2.52. The van der Waals surface area contributed by atoms with Crippen LogP contribution in [0.15, 0.2) is 24.3 Å². The summed E-state index contributed by atoms with van der Waals surface area (Å²) in [5.41, 5.74) is 0.606. The van der Waals surface area contributed by atoms with Crippen molar-refractivity contribution >= 4 is 5.91 Å². The van der Waals surface area contributed by atoms with Crippen LogP contribution in [0.3, 0.4) is 0 Å². The summed E-state index contributed by atoms with van der Waals surface area (Å²) in [5.74, 6) is 1.23. The third-order valence-electron chi connectivity index (χ3n) is 3.67. The number of hydrogen-bond acceptors (Lipinski definition) is 4. The summed E-state index contributed by atoms with van der Waals surface area (Å²) in [5, 5.41) is 2.95. The van der Waals surface area contributed by atoms with E-state index >= 15 is 0 Å². The van der Waals surface area contributed by atoms with Gasteiger partial charge in [0.05, 0.1) is 19.8 Å². The van der Waals surface area contributed by atoms with Crippen LogP contribution in [0.25, 0.3) is 0 Å². The quantitative estimate of drug-likeness (QED) is 0.870. The van der Waals surface area contributed by atoms with Crippen LogP contribution in [0.1, 0.15) is 24.2 Å². The van der Waals surface area contributed by atoms with Crippen LogP contribution < -0.4 is 10.1 Å². The Balaban J connectivity index is 1.82. The van der Waals surface area contributed by atoms with Crippen molar-refractivity contribution in [1.29, 1.82) is 0 Å². The molecule has 1 unspecified atom stereocenters. The number of benzene rings is 1. The predicted octanol–water partition coefficient (Wildman–Crippen LogP) is 1.78. The summed E-state index contributed by atoms with van der Waals surface area (Å²) in [4.78, 5) is 14.6. The molecule has 5 heteroatoms. The first-order valence-electron chi connectivity index (χ1n) is 7.84. The molecule has 5 nitrogen and oxygen atoms in total. The molecule has 122 valence electrons. The summed E-state index contributed by atoms with van der Waals surface area (Å²) >= 11 is 0. The normalized spacial score (nSPS) is 19.2. The molecule has 1 aliphatic heterocycles. The largest absolute Gasteiger partial charge is 0.497 e. The van der Waals surface area contributed by atoms with Gasteiger partial charge in [0.1, 0.15) is 5.75 Å². The van der Waals surface area contributed by atoms with Crippen LogP contribution in [-0.2, 0) is 4.74 Å². The molecule has 1 aliphatic rings. The van der Waals surface area contributed by atoms with Gasteiger partial charge in [-0.25, -0.2) is 0 Å². The van der Waals surface area contributed by atoms with Gasteiger partial charge >= 0.3 is 0 Å². The van der Waals surface area contributed by atoms with Gasteiger partial charge < -0.3 is 14.8 Å². The number of methoxy groups -OCH3 is 1. The molecule has 1 fully saturated rings. The van der Waals surface area contributed by atoms with E-state index in [0.29, 0.717) is 23.8 Å². The summed E-state index contributed by atoms with van der Waals surface area (Å²) < 4.78 is 10.9. The standard InChI is InChI=1S/C17H26N2O3/c1-13(2)11-19-7-8-22-16(12-19)10-18-17(20)14-5-4-6-15(9-14)21-3/h4-6,9,13,16H,7-8,10-12H2,1-3H3,(H,18,20). The third kappa shape index (κ3) is 5.00. The van der Waals surface area contributed by atoms with E-state index in [-0.39, 0.29) is 12.0 Å². The molecule has 0 aromatic heterocycles. The van der Waals surface area contributed by atoms with Gasteiger partial charge in [-0.15, -0.1) is 0 Å². The summed E-state index contributed by atoms with van der Waals surface area (Å²) in [7, 11) is 1.59. The molecule has 0 aliphatic carbocycles. The predicted molar refractivity (Wildman–Crippen MR) is 86.3 cm³/mol. The first-order chi connectivity index (χ1) is 10.6. The highest BCUT2D eigenvalue weighted by molar-refractivity contribution is 5.94. The molecule has 22 heavy (non-hydrogen) atoms. The number of nitrogens with one attached hydrogen (secondary N) is 1. The van der Waals surface area contributed by atoms with Crippen LogP contribution in [0.5, 0.6) is 5.75 Å². The Bertz CT molecular complexity index is 491. The summed E-state index contributed by atoms with van der Waals surface area (Å²) in [6.07, 6.45) is 0.0575. The molecule has 0 bridgehead atoms. The fraction of sp³-hybridized carbons (Fsp3) is 0.588. The van der Waals surface area contributed by atoms with Gasteiger partial charge in [0.25, 0.3) is 5.91 Å². The summed E-state index contributed by atoms with van der Waals surface area (Å²) in [6, 6.07) is 7.16. The molecular weight excluding hydrogens is 280 g/mol. The highest BCUT2D eigenvalue weighted by Gasteiger charge is 2.21. The number of ether oxygens (including phenoxy) is 2. The molecule has 1 atom stereocenters. The van der Waals surface area contributed by atoms with E-state index in [0.717, 1.165) is 26.2 Å². The van der Waals surface area contributed by atoms with E-state index in [9.17, 15) is 4.79 Å². The van der Waals surface area contributed by atoms with Crippen molar-refractivity contribution in [3.8, 4) is 5.75 Å². The highest BCUT2D eigenvalue weighted by atomic mass is 16.5. The Morgan fingerprint density at radius 3 is 3.05 bits per heavy atom. The number of carbonyl (C=O) groups excluding carboxylic acids is 1. The Labute approximate surface area is 132 Å². The van der Waals surface area contributed by atoms with Crippen molar-refractivity contribution in [2.24, 2.45) is 5.92 Å². The average molecular weight is 306 g/mol. The SMILES string of the molecule is COc1cccc(C(=O)NCC2CN(CC(C)C)CCO2)c1. The number of hydrogen-bond donors (Lipinski definition) is 1. The first-order valence-corrected chi connectivity index (χ1v) is 7.84.